The van der Waals surface area contributed by atoms with Gasteiger partial charge in [0.05, 0.1) is 17.2 Å². The Hall–Kier alpha value is -3.63. The smallest absolute Gasteiger partial charge is 0.264 e. The van der Waals surface area contributed by atoms with E-state index in [2.05, 4.69) is 5.32 Å². The topological polar surface area (TPSA) is 96.0 Å². The van der Waals surface area contributed by atoms with Crippen molar-refractivity contribution in [2.45, 2.75) is 63.1 Å². The summed E-state index contributed by atoms with van der Waals surface area (Å²) in [4.78, 5) is 28.6. The first-order valence-corrected chi connectivity index (χ1v) is 15.8. The maximum atomic E-state index is 14.1. The number of nitrogens with zero attached hydrogens (tertiary/aromatic N) is 2. The van der Waals surface area contributed by atoms with Gasteiger partial charge in [0, 0.05) is 17.6 Å². The van der Waals surface area contributed by atoms with Gasteiger partial charge in [0.15, 0.2) is 0 Å². The molecular weight excluding hydrogens is 581 g/mol. The van der Waals surface area contributed by atoms with Gasteiger partial charge in [0.25, 0.3) is 10.0 Å². The second-order valence-corrected chi connectivity index (χ2v) is 12.5. The number of carbonyl (C=O) groups excluding carboxylic acids is 2. The monoisotopic (exact) mass is 615 g/mol. The molecule has 42 heavy (non-hydrogen) atoms. The maximum Gasteiger partial charge on any atom is 0.264 e. The number of hydrogen-bond acceptors (Lipinski definition) is 5. The lowest BCUT2D eigenvalue weighted by Crippen LogP contribution is -2.52. The molecular formula is C31H35ClFN3O5S. The molecule has 0 heterocycles. The summed E-state index contributed by atoms with van der Waals surface area (Å²) in [6.07, 6.45) is 3.78. The van der Waals surface area contributed by atoms with E-state index < -0.39 is 34.3 Å². The Morgan fingerprint density at radius 1 is 1.02 bits per heavy atom. The molecule has 1 aliphatic rings. The number of amides is 2. The van der Waals surface area contributed by atoms with Crippen LogP contribution in [0.2, 0.25) is 5.02 Å². The van der Waals surface area contributed by atoms with Crippen molar-refractivity contribution in [1.82, 2.24) is 10.2 Å². The minimum Gasteiger partial charge on any atom is -0.492 e. The molecule has 4 rings (SSSR count). The maximum absolute atomic E-state index is 14.1. The molecule has 3 aromatic rings. The van der Waals surface area contributed by atoms with Crippen molar-refractivity contribution in [3.63, 3.8) is 0 Å². The Kier molecular flexibility index (Phi) is 10.5. The van der Waals surface area contributed by atoms with E-state index in [-0.39, 0.29) is 41.4 Å². The van der Waals surface area contributed by atoms with E-state index in [4.69, 9.17) is 16.3 Å². The average Bonchev–Trinajstić information content (AvgIpc) is 3.49. The van der Waals surface area contributed by atoms with Crippen LogP contribution >= 0.6 is 11.6 Å². The zero-order valence-electron chi connectivity index (χ0n) is 23.6. The number of halogens is 2. The summed E-state index contributed by atoms with van der Waals surface area (Å²) in [5.41, 5.74) is 0.763. The number of benzene rings is 3. The molecule has 0 bridgehead atoms. The molecule has 1 fully saturated rings. The highest BCUT2D eigenvalue weighted by atomic mass is 35.5. The average molecular weight is 616 g/mol. The predicted molar refractivity (Wildman–Crippen MR) is 160 cm³/mol. The van der Waals surface area contributed by atoms with Crippen molar-refractivity contribution < 1.29 is 27.1 Å². The SMILES string of the molecule is CCOc1ccccc1N(CC(=O)N(Cc1ccc(F)cc1)[C@H](C)C(=O)NC1CCCC1)S(=O)(=O)c1ccc(Cl)cc1. The molecule has 0 radical (unpaired) electrons. The van der Waals surface area contributed by atoms with Gasteiger partial charge in [0.1, 0.15) is 24.2 Å². The van der Waals surface area contributed by atoms with Crippen LogP contribution in [0, 0.1) is 5.82 Å². The zero-order valence-corrected chi connectivity index (χ0v) is 25.2. The van der Waals surface area contributed by atoms with Gasteiger partial charge in [-0.3, -0.25) is 13.9 Å². The van der Waals surface area contributed by atoms with Crippen LogP contribution in [-0.2, 0) is 26.2 Å². The van der Waals surface area contributed by atoms with Crippen LogP contribution < -0.4 is 14.4 Å². The van der Waals surface area contributed by atoms with Gasteiger partial charge in [-0.1, -0.05) is 48.7 Å². The van der Waals surface area contributed by atoms with E-state index in [1.165, 1.54) is 53.4 Å². The molecule has 0 aromatic heterocycles. The Balaban J connectivity index is 1.72. The van der Waals surface area contributed by atoms with Crippen molar-refractivity contribution in [3.05, 3.63) is 89.2 Å². The molecule has 2 amide bonds. The lowest BCUT2D eigenvalue weighted by molar-refractivity contribution is -0.139. The fraction of sp³-hybridized carbons (Fsp3) is 0.355. The highest BCUT2D eigenvalue weighted by Gasteiger charge is 2.34. The van der Waals surface area contributed by atoms with Crippen molar-refractivity contribution in [2.24, 2.45) is 0 Å². The number of carbonyl (C=O) groups is 2. The minimum atomic E-state index is -4.29. The summed E-state index contributed by atoms with van der Waals surface area (Å²) in [6, 6.07) is 16.9. The van der Waals surface area contributed by atoms with Crippen LogP contribution in [-0.4, -0.2) is 50.4 Å². The van der Waals surface area contributed by atoms with E-state index in [1.54, 1.807) is 38.1 Å². The summed E-state index contributed by atoms with van der Waals surface area (Å²) < 4.78 is 48.4. The number of hydrogen-bond donors (Lipinski definition) is 1. The molecule has 224 valence electrons. The van der Waals surface area contributed by atoms with Crippen LogP contribution in [0.4, 0.5) is 10.1 Å². The summed E-state index contributed by atoms with van der Waals surface area (Å²) in [7, 11) is -4.29. The molecule has 1 aliphatic carbocycles. The summed E-state index contributed by atoms with van der Waals surface area (Å²) >= 11 is 6.01. The van der Waals surface area contributed by atoms with Gasteiger partial charge in [-0.2, -0.15) is 0 Å². The van der Waals surface area contributed by atoms with Gasteiger partial charge in [-0.15, -0.1) is 0 Å². The largest absolute Gasteiger partial charge is 0.492 e. The van der Waals surface area contributed by atoms with E-state index in [0.29, 0.717) is 10.6 Å². The number of nitrogens with one attached hydrogen (secondary N) is 1. The van der Waals surface area contributed by atoms with E-state index in [1.807, 2.05) is 0 Å². The Morgan fingerprint density at radius 2 is 1.67 bits per heavy atom. The first-order valence-electron chi connectivity index (χ1n) is 13.9. The van der Waals surface area contributed by atoms with Crippen molar-refractivity contribution in [1.29, 1.82) is 0 Å². The summed E-state index contributed by atoms with van der Waals surface area (Å²) in [5.74, 6) is -1.10. The van der Waals surface area contributed by atoms with Gasteiger partial charge in [-0.25, -0.2) is 12.8 Å². The second-order valence-electron chi connectivity index (χ2n) is 10.2. The quantitative estimate of drug-likeness (QED) is 0.288. The Bertz CT molecular complexity index is 1480. The molecule has 1 saturated carbocycles. The molecule has 11 heteroatoms. The highest BCUT2D eigenvalue weighted by Crippen LogP contribution is 2.33. The lowest BCUT2D eigenvalue weighted by Gasteiger charge is -2.33. The third-order valence-corrected chi connectivity index (χ3v) is 9.28. The van der Waals surface area contributed by atoms with Gasteiger partial charge < -0.3 is 15.0 Å². The second kappa shape index (κ2) is 14.0. The molecule has 8 nitrogen and oxygen atoms in total. The number of para-hydroxylation sites is 2. The Labute approximate surface area is 251 Å². The molecule has 1 N–H and O–H groups in total. The lowest BCUT2D eigenvalue weighted by atomic mass is 10.1. The highest BCUT2D eigenvalue weighted by molar-refractivity contribution is 7.92. The van der Waals surface area contributed by atoms with E-state index >= 15 is 0 Å². The molecule has 3 aromatic carbocycles. The number of ether oxygens (including phenoxy) is 1. The van der Waals surface area contributed by atoms with E-state index in [0.717, 1.165) is 30.0 Å². The number of sulfonamides is 1. The van der Waals surface area contributed by atoms with E-state index in [9.17, 15) is 22.4 Å². The first-order chi connectivity index (χ1) is 20.1. The summed E-state index contributed by atoms with van der Waals surface area (Å²) in [5, 5.41) is 3.38. The van der Waals surface area contributed by atoms with Crippen molar-refractivity contribution in [3.8, 4) is 5.75 Å². The van der Waals surface area contributed by atoms with Crippen LogP contribution in [0.3, 0.4) is 0 Å². The minimum absolute atomic E-state index is 0.0275. The standard InChI is InChI=1S/C31H35ClFN3O5S/c1-3-41-29-11-7-6-10-28(29)36(42(39,40)27-18-14-24(32)15-19-27)21-30(37)35(20-23-12-16-25(33)17-13-23)22(2)31(38)34-26-8-4-5-9-26/h6-7,10-19,22,26H,3-5,8-9,20-21H2,1-2H3,(H,34,38)/t22-/m1/s1. The Morgan fingerprint density at radius 3 is 2.31 bits per heavy atom. The number of anilines is 1. The molecule has 0 aliphatic heterocycles. The van der Waals surface area contributed by atoms with Gasteiger partial charge >= 0.3 is 0 Å². The first kappa shape index (κ1) is 31.3. The normalized spacial score (nSPS) is 14.3. The van der Waals surface area contributed by atoms with Crippen LogP contribution in [0.25, 0.3) is 0 Å². The fourth-order valence-corrected chi connectivity index (χ4v) is 6.50. The zero-order chi connectivity index (χ0) is 30.3. The third kappa shape index (κ3) is 7.60. The number of rotatable bonds is 12. The predicted octanol–water partition coefficient (Wildman–Crippen LogP) is 5.55. The van der Waals surface area contributed by atoms with Crippen LogP contribution in [0.5, 0.6) is 5.75 Å². The van der Waals surface area contributed by atoms with Crippen molar-refractivity contribution in [2.75, 3.05) is 17.5 Å². The molecule has 0 saturated heterocycles. The van der Waals surface area contributed by atoms with Crippen molar-refractivity contribution >= 4 is 39.1 Å². The molecule has 1 atom stereocenters. The molecule has 0 spiro atoms. The van der Waals surface area contributed by atoms with Crippen LogP contribution in [0.15, 0.2) is 77.7 Å². The van der Waals surface area contributed by atoms with Gasteiger partial charge in [-0.05, 0) is 80.8 Å². The molecule has 0 unspecified atom stereocenters. The summed E-state index contributed by atoms with van der Waals surface area (Å²) in [6.45, 7) is 3.01. The van der Waals surface area contributed by atoms with Crippen LogP contribution in [0.1, 0.15) is 45.1 Å². The third-order valence-electron chi connectivity index (χ3n) is 7.25. The fourth-order valence-electron chi connectivity index (χ4n) is 4.95. The van der Waals surface area contributed by atoms with Gasteiger partial charge in [0.2, 0.25) is 11.8 Å².